The van der Waals surface area contributed by atoms with Crippen LogP contribution in [0.5, 0.6) is 5.75 Å². The summed E-state index contributed by atoms with van der Waals surface area (Å²) in [5.74, 6) is 0.638. The number of carbonyl (C=O) groups is 1. The van der Waals surface area contributed by atoms with Gasteiger partial charge in [-0.1, -0.05) is 6.42 Å². The molecule has 1 unspecified atom stereocenters. The van der Waals surface area contributed by atoms with E-state index in [4.69, 9.17) is 10.5 Å². The molecule has 0 aromatic heterocycles. The van der Waals surface area contributed by atoms with Crippen LogP contribution in [0.3, 0.4) is 0 Å². The zero-order valence-electron chi connectivity index (χ0n) is 12.7. The smallest absolute Gasteiger partial charge is 0.240 e. The number of rotatable bonds is 6. The number of benzene rings is 1. The van der Waals surface area contributed by atoms with Crippen molar-refractivity contribution in [2.45, 2.75) is 32.2 Å². The Morgan fingerprint density at radius 1 is 1.29 bits per heavy atom. The second kappa shape index (κ2) is 8.00. The lowest BCUT2D eigenvalue weighted by molar-refractivity contribution is -0.117. The van der Waals surface area contributed by atoms with Gasteiger partial charge in [0.15, 0.2) is 0 Å². The Hall–Kier alpha value is -1.59. The molecule has 1 fully saturated rings. The van der Waals surface area contributed by atoms with Crippen LogP contribution in [0, 0.1) is 0 Å². The first-order valence-electron chi connectivity index (χ1n) is 7.67. The maximum Gasteiger partial charge on any atom is 0.240 e. The number of hydrogen-bond donors (Lipinski definition) is 2. The second-order valence-corrected chi connectivity index (χ2v) is 5.55. The Kier molecular flexibility index (Phi) is 6.02. The summed E-state index contributed by atoms with van der Waals surface area (Å²) >= 11 is 0. The van der Waals surface area contributed by atoms with E-state index in [1.807, 2.05) is 24.3 Å². The minimum atomic E-state index is -0.509. The molecule has 1 aliphatic rings. The maximum atomic E-state index is 11.5. The molecule has 0 aliphatic carbocycles. The highest BCUT2D eigenvalue weighted by atomic mass is 16.5. The highest BCUT2D eigenvalue weighted by molar-refractivity contribution is 5.94. The van der Waals surface area contributed by atoms with Gasteiger partial charge in [0.2, 0.25) is 5.91 Å². The van der Waals surface area contributed by atoms with Gasteiger partial charge in [-0.2, -0.15) is 0 Å². The minimum absolute atomic E-state index is 0.186. The van der Waals surface area contributed by atoms with Crippen molar-refractivity contribution in [3.63, 3.8) is 0 Å². The molecule has 0 spiro atoms. The molecular weight excluding hydrogens is 266 g/mol. The Bertz CT molecular complexity index is 439. The first-order chi connectivity index (χ1) is 10.1. The number of nitrogens with two attached hydrogens (primary N) is 1. The summed E-state index contributed by atoms with van der Waals surface area (Å²) in [6, 6.07) is 6.89. The Balaban J connectivity index is 1.73. The molecule has 1 aromatic carbocycles. The summed E-state index contributed by atoms with van der Waals surface area (Å²) in [6.45, 7) is 5.71. The fraction of sp³-hybridized carbons (Fsp3) is 0.562. The van der Waals surface area contributed by atoms with Crippen molar-refractivity contribution >= 4 is 11.6 Å². The van der Waals surface area contributed by atoms with E-state index in [1.54, 1.807) is 6.92 Å². The number of nitrogens with zero attached hydrogens (tertiary/aromatic N) is 1. The first-order valence-corrected chi connectivity index (χ1v) is 7.67. The van der Waals surface area contributed by atoms with Gasteiger partial charge in [-0.3, -0.25) is 9.69 Å². The lowest BCUT2D eigenvalue weighted by Gasteiger charge is -2.26. The van der Waals surface area contributed by atoms with Crippen molar-refractivity contribution in [2.24, 2.45) is 5.73 Å². The highest BCUT2D eigenvalue weighted by Gasteiger charge is 2.10. The molecule has 1 aromatic rings. The van der Waals surface area contributed by atoms with Gasteiger partial charge in [-0.15, -0.1) is 0 Å². The SMILES string of the molecule is CC(N)C(=O)Nc1ccc(OCCN2CCCCC2)cc1. The Morgan fingerprint density at radius 3 is 2.57 bits per heavy atom. The van der Waals surface area contributed by atoms with Gasteiger partial charge < -0.3 is 15.8 Å². The molecule has 1 aliphatic heterocycles. The molecule has 1 atom stereocenters. The minimum Gasteiger partial charge on any atom is -0.492 e. The lowest BCUT2D eigenvalue weighted by Crippen LogP contribution is -2.33. The molecule has 116 valence electrons. The molecule has 5 nitrogen and oxygen atoms in total. The third-order valence-electron chi connectivity index (χ3n) is 3.66. The van der Waals surface area contributed by atoms with Crippen molar-refractivity contribution in [1.29, 1.82) is 0 Å². The van der Waals surface area contributed by atoms with Crippen LogP contribution in [-0.4, -0.2) is 43.1 Å². The van der Waals surface area contributed by atoms with Crippen molar-refractivity contribution in [1.82, 2.24) is 4.90 Å². The number of amides is 1. The average Bonchev–Trinajstić information content (AvgIpc) is 2.50. The maximum absolute atomic E-state index is 11.5. The summed E-state index contributed by atoms with van der Waals surface area (Å²) in [4.78, 5) is 13.9. The number of piperidine rings is 1. The molecule has 1 heterocycles. The van der Waals surface area contributed by atoms with E-state index >= 15 is 0 Å². The van der Waals surface area contributed by atoms with E-state index in [9.17, 15) is 4.79 Å². The van der Waals surface area contributed by atoms with Crippen LogP contribution in [0.2, 0.25) is 0 Å². The van der Waals surface area contributed by atoms with Crippen LogP contribution in [0.25, 0.3) is 0 Å². The number of ether oxygens (including phenoxy) is 1. The van der Waals surface area contributed by atoms with Gasteiger partial charge in [-0.05, 0) is 57.1 Å². The number of nitrogens with one attached hydrogen (secondary N) is 1. The van der Waals surface area contributed by atoms with Crippen molar-refractivity contribution < 1.29 is 9.53 Å². The van der Waals surface area contributed by atoms with E-state index < -0.39 is 6.04 Å². The molecule has 1 saturated heterocycles. The summed E-state index contributed by atoms with van der Waals surface area (Å²) < 4.78 is 5.74. The van der Waals surface area contributed by atoms with Gasteiger partial charge in [-0.25, -0.2) is 0 Å². The van der Waals surface area contributed by atoms with E-state index in [0.29, 0.717) is 6.61 Å². The van der Waals surface area contributed by atoms with Crippen LogP contribution in [-0.2, 0) is 4.79 Å². The van der Waals surface area contributed by atoms with Crippen LogP contribution in [0.15, 0.2) is 24.3 Å². The Morgan fingerprint density at radius 2 is 1.95 bits per heavy atom. The topological polar surface area (TPSA) is 67.6 Å². The standard InChI is InChI=1S/C16H25N3O2/c1-13(17)16(20)18-14-5-7-15(8-6-14)21-12-11-19-9-3-2-4-10-19/h5-8,13H,2-4,9-12,17H2,1H3,(H,18,20). The lowest BCUT2D eigenvalue weighted by atomic mass is 10.1. The first kappa shape index (κ1) is 15.8. The van der Waals surface area contributed by atoms with Crippen molar-refractivity contribution in [3.8, 4) is 5.75 Å². The van der Waals surface area contributed by atoms with Gasteiger partial charge in [0.1, 0.15) is 12.4 Å². The molecule has 0 radical (unpaired) electrons. The average molecular weight is 291 g/mol. The molecule has 1 amide bonds. The van der Waals surface area contributed by atoms with E-state index in [-0.39, 0.29) is 5.91 Å². The predicted octanol–water partition coefficient (Wildman–Crippen LogP) is 1.84. The molecule has 3 N–H and O–H groups in total. The number of likely N-dealkylation sites (tertiary alicyclic amines) is 1. The summed E-state index contributed by atoms with van der Waals surface area (Å²) in [5.41, 5.74) is 6.25. The van der Waals surface area contributed by atoms with E-state index in [2.05, 4.69) is 10.2 Å². The summed E-state index contributed by atoms with van der Waals surface area (Å²) in [6.07, 6.45) is 3.95. The number of hydrogen-bond acceptors (Lipinski definition) is 4. The number of carbonyl (C=O) groups excluding carboxylic acids is 1. The fourth-order valence-electron chi connectivity index (χ4n) is 2.37. The summed E-state index contributed by atoms with van der Waals surface area (Å²) in [7, 11) is 0. The van der Waals surface area contributed by atoms with Crippen LogP contribution in [0.4, 0.5) is 5.69 Å². The molecule has 0 bridgehead atoms. The highest BCUT2D eigenvalue weighted by Crippen LogP contribution is 2.16. The third-order valence-corrected chi connectivity index (χ3v) is 3.66. The summed E-state index contributed by atoms with van der Waals surface area (Å²) in [5, 5.41) is 2.75. The van der Waals surface area contributed by atoms with Crippen LogP contribution < -0.4 is 15.8 Å². The van der Waals surface area contributed by atoms with E-state index in [0.717, 1.165) is 18.0 Å². The van der Waals surface area contributed by atoms with Crippen molar-refractivity contribution in [2.75, 3.05) is 31.6 Å². The van der Waals surface area contributed by atoms with Gasteiger partial charge in [0.05, 0.1) is 6.04 Å². The molecule has 21 heavy (non-hydrogen) atoms. The van der Waals surface area contributed by atoms with Gasteiger partial charge >= 0.3 is 0 Å². The van der Waals surface area contributed by atoms with E-state index in [1.165, 1.54) is 32.4 Å². The third kappa shape index (κ3) is 5.36. The zero-order chi connectivity index (χ0) is 15.1. The molecular formula is C16H25N3O2. The second-order valence-electron chi connectivity index (χ2n) is 5.55. The molecule has 0 saturated carbocycles. The molecule has 2 rings (SSSR count). The largest absolute Gasteiger partial charge is 0.492 e. The van der Waals surface area contributed by atoms with Gasteiger partial charge in [0, 0.05) is 12.2 Å². The normalized spacial score (nSPS) is 17.2. The fourth-order valence-corrected chi connectivity index (χ4v) is 2.37. The van der Waals surface area contributed by atoms with Crippen LogP contribution >= 0.6 is 0 Å². The quantitative estimate of drug-likeness (QED) is 0.839. The van der Waals surface area contributed by atoms with Crippen LogP contribution in [0.1, 0.15) is 26.2 Å². The monoisotopic (exact) mass is 291 g/mol. The zero-order valence-corrected chi connectivity index (χ0v) is 12.7. The number of anilines is 1. The molecule has 5 heteroatoms. The van der Waals surface area contributed by atoms with Crippen molar-refractivity contribution in [3.05, 3.63) is 24.3 Å². The predicted molar refractivity (Wildman–Crippen MR) is 84.5 cm³/mol. The van der Waals surface area contributed by atoms with Gasteiger partial charge in [0.25, 0.3) is 0 Å². The Labute approximate surface area is 126 Å².